The van der Waals surface area contributed by atoms with Crippen molar-refractivity contribution in [3.8, 4) is 11.1 Å². The van der Waals surface area contributed by atoms with Crippen LogP contribution in [0.4, 0.5) is 0 Å². The van der Waals surface area contributed by atoms with Crippen LogP contribution in [0.15, 0.2) is 42.5 Å². The number of amides is 1. The molecule has 2 aromatic rings. The molecular weight excluding hydrogens is 488 g/mol. The molecule has 2 N–H and O–H groups in total. The molecule has 0 radical (unpaired) electrons. The molecule has 7 nitrogen and oxygen atoms in total. The SMILES string of the molecule is Cc1ccccc1-c1cc(CN2CCCC2CC2CCC2)ccc1C(=O)NC(CCS(C)(=O)=O)C(=O)O. The van der Waals surface area contributed by atoms with Crippen molar-refractivity contribution in [3.63, 3.8) is 0 Å². The average molecular weight is 527 g/mol. The third-order valence-corrected chi connectivity index (χ3v) is 8.84. The van der Waals surface area contributed by atoms with Gasteiger partial charge in [-0.25, -0.2) is 13.2 Å². The standard InChI is InChI=1S/C29H38N2O5S/c1-20-7-3-4-11-24(20)26-18-22(19-31-15-6-10-23(31)17-21-8-5-9-21)12-13-25(26)28(32)30-27(29(33)34)14-16-37(2,35)36/h3-4,7,11-13,18,21,23,27H,5-6,8-10,14-17,19H2,1-2H3,(H,30,32)(H,33,34). The largest absolute Gasteiger partial charge is 0.480 e. The van der Waals surface area contributed by atoms with Crippen molar-refractivity contribution >= 4 is 21.7 Å². The normalized spacial score (nSPS) is 19.4. The number of likely N-dealkylation sites (tertiary alicyclic amines) is 1. The zero-order chi connectivity index (χ0) is 26.6. The van der Waals surface area contributed by atoms with Crippen molar-refractivity contribution in [2.75, 3.05) is 18.6 Å². The van der Waals surface area contributed by atoms with Gasteiger partial charge in [-0.05, 0) is 79.5 Å². The molecule has 1 saturated heterocycles. The number of aliphatic carboxylic acids is 1. The Morgan fingerprint density at radius 2 is 1.84 bits per heavy atom. The maximum atomic E-state index is 13.3. The molecule has 0 spiro atoms. The van der Waals surface area contributed by atoms with Gasteiger partial charge in [0.1, 0.15) is 15.9 Å². The van der Waals surface area contributed by atoms with Crippen LogP contribution in [0.3, 0.4) is 0 Å². The zero-order valence-corrected chi connectivity index (χ0v) is 22.6. The fourth-order valence-electron chi connectivity index (χ4n) is 5.53. The number of carboxylic acids is 1. The predicted octanol–water partition coefficient (Wildman–Crippen LogP) is 4.43. The molecule has 0 bridgehead atoms. The molecule has 2 fully saturated rings. The summed E-state index contributed by atoms with van der Waals surface area (Å²) in [5.74, 6) is -1.22. The van der Waals surface area contributed by atoms with Gasteiger partial charge in [-0.1, -0.05) is 49.6 Å². The predicted molar refractivity (Wildman–Crippen MR) is 145 cm³/mol. The van der Waals surface area contributed by atoms with Crippen LogP contribution in [0.5, 0.6) is 0 Å². The Labute approximate surface area is 220 Å². The van der Waals surface area contributed by atoms with Crippen LogP contribution in [0, 0.1) is 12.8 Å². The van der Waals surface area contributed by atoms with Crippen molar-refractivity contribution in [1.29, 1.82) is 0 Å². The first-order valence-corrected chi connectivity index (χ1v) is 15.3. The van der Waals surface area contributed by atoms with Gasteiger partial charge >= 0.3 is 5.97 Å². The highest BCUT2D eigenvalue weighted by molar-refractivity contribution is 7.90. The van der Waals surface area contributed by atoms with E-state index >= 15 is 0 Å². The Balaban J connectivity index is 1.59. The lowest BCUT2D eigenvalue weighted by atomic mass is 9.80. The molecule has 2 atom stereocenters. The quantitative estimate of drug-likeness (QED) is 0.449. The number of hydrogen-bond acceptors (Lipinski definition) is 5. The van der Waals surface area contributed by atoms with Gasteiger partial charge in [0.25, 0.3) is 5.91 Å². The number of carboxylic acid groups (broad SMARTS) is 1. The number of sulfone groups is 1. The van der Waals surface area contributed by atoms with E-state index in [-0.39, 0.29) is 12.2 Å². The Kier molecular flexibility index (Phi) is 8.70. The van der Waals surface area contributed by atoms with Gasteiger partial charge in [0.2, 0.25) is 0 Å². The maximum Gasteiger partial charge on any atom is 0.326 e. The molecule has 2 aromatic carbocycles. The van der Waals surface area contributed by atoms with E-state index in [4.69, 9.17) is 0 Å². The van der Waals surface area contributed by atoms with E-state index in [9.17, 15) is 23.1 Å². The highest BCUT2D eigenvalue weighted by atomic mass is 32.2. The van der Waals surface area contributed by atoms with Gasteiger partial charge in [-0.15, -0.1) is 0 Å². The van der Waals surface area contributed by atoms with Crippen LogP contribution in [0.2, 0.25) is 0 Å². The van der Waals surface area contributed by atoms with Gasteiger partial charge < -0.3 is 10.4 Å². The molecule has 1 aliphatic carbocycles. The summed E-state index contributed by atoms with van der Waals surface area (Å²) in [5.41, 5.74) is 4.21. The van der Waals surface area contributed by atoms with E-state index in [1.807, 2.05) is 37.3 Å². The van der Waals surface area contributed by atoms with Crippen molar-refractivity contribution < 1.29 is 23.1 Å². The van der Waals surface area contributed by atoms with E-state index in [2.05, 4.69) is 16.3 Å². The molecule has 1 saturated carbocycles. The first kappa shape index (κ1) is 27.3. The van der Waals surface area contributed by atoms with Crippen LogP contribution >= 0.6 is 0 Å². The number of hydrogen-bond donors (Lipinski definition) is 2. The smallest absolute Gasteiger partial charge is 0.326 e. The van der Waals surface area contributed by atoms with Crippen molar-refractivity contribution in [1.82, 2.24) is 10.2 Å². The van der Waals surface area contributed by atoms with Crippen LogP contribution in [0.1, 0.15) is 66.4 Å². The first-order chi connectivity index (χ1) is 17.6. The van der Waals surface area contributed by atoms with Crippen LogP contribution < -0.4 is 5.32 Å². The number of carbonyl (C=O) groups excluding carboxylic acids is 1. The monoisotopic (exact) mass is 526 g/mol. The second kappa shape index (κ2) is 11.8. The minimum Gasteiger partial charge on any atom is -0.480 e. The highest BCUT2D eigenvalue weighted by Crippen LogP contribution is 2.36. The number of nitrogens with zero attached hydrogens (tertiary/aromatic N) is 1. The molecule has 2 unspecified atom stereocenters. The van der Waals surface area contributed by atoms with Crippen LogP contribution in [-0.2, 0) is 21.2 Å². The molecule has 8 heteroatoms. The zero-order valence-electron chi connectivity index (χ0n) is 21.8. The second-order valence-electron chi connectivity index (χ2n) is 10.8. The maximum absolute atomic E-state index is 13.3. The van der Waals surface area contributed by atoms with Gasteiger partial charge in [0.15, 0.2) is 0 Å². The van der Waals surface area contributed by atoms with Crippen molar-refractivity contribution in [3.05, 3.63) is 59.2 Å². The summed E-state index contributed by atoms with van der Waals surface area (Å²) in [5, 5.41) is 12.1. The van der Waals surface area contributed by atoms with Crippen molar-refractivity contribution in [2.24, 2.45) is 5.92 Å². The number of benzene rings is 2. The molecule has 200 valence electrons. The van der Waals surface area contributed by atoms with E-state index in [0.29, 0.717) is 11.6 Å². The fraction of sp³-hybridized carbons (Fsp3) is 0.517. The average Bonchev–Trinajstić information content (AvgIpc) is 3.25. The molecule has 2 aliphatic rings. The van der Waals surface area contributed by atoms with E-state index < -0.39 is 27.8 Å². The Hall–Kier alpha value is -2.71. The van der Waals surface area contributed by atoms with E-state index in [1.165, 1.54) is 38.5 Å². The van der Waals surface area contributed by atoms with Crippen LogP contribution in [0.25, 0.3) is 11.1 Å². The molecule has 0 aromatic heterocycles. The fourth-order valence-corrected chi connectivity index (χ4v) is 6.19. The topological polar surface area (TPSA) is 104 Å². The number of carbonyl (C=O) groups is 2. The van der Waals surface area contributed by atoms with Gasteiger partial charge in [0, 0.05) is 24.4 Å². The van der Waals surface area contributed by atoms with Gasteiger partial charge in [0.05, 0.1) is 5.75 Å². The number of nitrogens with one attached hydrogen (secondary N) is 1. The molecular formula is C29H38N2O5S. The third kappa shape index (κ3) is 7.20. The molecule has 1 amide bonds. The van der Waals surface area contributed by atoms with Gasteiger partial charge in [-0.3, -0.25) is 9.69 Å². The van der Waals surface area contributed by atoms with Gasteiger partial charge in [-0.2, -0.15) is 0 Å². The summed E-state index contributed by atoms with van der Waals surface area (Å²) in [6.07, 6.45) is 8.67. The highest BCUT2D eigenvalue weighted by Gasteiger charge is 2.30. The Morgan fingerprint density at radius 3 is 2.49 bits per heavy atom. The second-order valence-corrected chi connectivity index (χ2v) is 13.0. The Bertz CT molecular complexity index is 1240. The van der Waals surface area contributed by atoms with Crippen molar-refractivity contribution in [2.45, 2.75) is 70.5 Å². The van der Waals surface area contributed by atoms with E-state index in [1.54, 1.807) is 6.07 Å². The molecule has 4 rings (SSSR count). The first-order valence-electron chi connectivity index (χ1n) is 13.2. The minimum atomic E-state index is -3.36. The minimum absolute atomic E-state index is 0.185. The lowest BCUT2D eigenvalue weighted by Crippen LogP contribution is -2.42. The summed E-state index contributed by atoms with van der Waals surface area (Å²) >= 11 is 0. The van der Waals surface area contributed by atoms with Crippen LogP contribution in [-0.4, -0.2) is 60.9 Å². The summed E-state index contributed by atoms with van der Waals surface area (Å²) in [4.78, 5) is 27.7. The summed E-state index contributed by atoms with van der Waals surface area (Å²) in [6.45, 7) is 3.90. The number of aryl methyl sites for hydroxylation is 1. The van der Waals surface area contributed by atoms with E-state index in [0.717, 1.165) is 47.5 Å². The molecule has 1 aliphatic heterocycles. The lowest BCUT2D eigenvalue weighted by Gasteiger charge is -2.32. The Morgan fingerprint density at radius 1 is 1.08 bits per heavy atom. The molecule has 37 heavy (non-hydrogen) atoms. The third-order valence-electron chi connectivity index (χ3n) is 7.86. The number of rotatable bonds is 11. The lowest BCUT2D eigenvalue weighted by molar-refractivity contribution is -0.139. The summed E-state index contributed by atoms with van der Waals surface area (Å²) < 4.78 is 23.1. The molecule has 1 heterocycles. The summed E-state index contributed by atoms with van der Waals surface area (Å²) in [6, 6.07) is 13.0. The summed E-state index contributed by atoms with van der Waals surface area (Å²) in [7, 11) is -3.36.